The highest BCUT2D eigenvalue weighted by atomic mass is 16.5. The maximum absolute atomic E-state index is 5.90. The van der Waals surface area contributed by atoms with E-state index in [1.165, 1.54) is 0 Å². The Kier molecular flexibility index (Phi) is 6.00. The Labute approximate surface area is 117 Å². The highest BCUT2D eigenvalue weighted by Gasteiger charge is 2.17. The molecule has 0 saturated heterocycles. The van der Waals surface area contributed by atoms with Crippen molar-refractivity contribution in [2.24, 2.45) is 17.8 Å². The van der Waals surface area contributed by atoms with Crippen molar-refractivity contribution in [3.05, 3.63) is 18.2 Å². The quantitative estimate of drug-likeness (QED) is 0.732. The number of nitrogens with two attached hydrogens (primary N) is 1. The Bertz CT molecular complexity index is 380. The number of benzene rings is 1. The van der Waals surface area contributed by atoms with Gasteiger partial charge in [0.05, 0.1) is 6.61 Å². The van der Waals surface area contributed by atoms with Crippen molar-refractivity contribution in [2.45, 2.75) is 34.6 Å². The Hall–Kier alpha value is -1.38. The molecule has 0 spiro atoms. The number of nitrogen functional groups attached to an aromatic ring is 1. The van der Waals surface area contributed by atoms with Gasteiger partial charge in [0.25, 0.3) is 0 Å². The molecule has 0 unspecified atom stereocenters. The lowest BCUT2D eigenvalue weighted by Gasteiger charge is -2.25. The molecule has 3 heteroatoms. The molecule has 0 radical (unpaired) electrons. The first-order valence-electron chi connectivity index (χ1n) is 7.21. The summed E-state index contributed by atoms with van der Waals surface area (Å²) < 4.78 is 5.51. The van der Waals surface area contributed by atoms with Crippen LogP contribution in [0, 0.1) is 17.8 Å². The average molecular weight is 264 g/mol. The lowest BCUT2D eigenvalue weighted by atomic mass is 9.85. The van der Waals surface area contributed by atoms with Crippen LogP contribution in [-0.2, 0) is 0 Å². The van der Waals surface area contributed by atoms with Crippen molar-refractivity contribution in [3.8, 4) is 5.75 Å². The first-order valence-corrected chi connectivity index (χ1v) is 7.21. The fraction of sp³-hybridized carbons (Fsp3) is 0.625. The van der Waals surface area contributed by atoms with Gasteiger partial charge in [-0.15, -0.1) is 0 Å². The Morgan fingerprint density at radius 1 is 1.11 bits per heavy atom. The Balaban J connectivity index is 2.71. The standard InChI is InChI=1S/C16H28N2O/c1-6-19-15-8-13(17)7-14(9-15)18-10-16(11(2)3)12(4)5/h7-9,11-12,16,18H,6,10,17H2,1-5H3. The zero-order valence-electron chi connectivity index (χ0n) is 12.9. The molecular weight excluding hydrogens is 236 g/mol. The summed E-state index contributed by atoms with van der Waals surface area (Å²) in [5.74, 6) is 2.81. The number of nitrogens with one attached hydrogen (secondary N) is 1. The van der Waals surface area contributed by atoms with E-state index in [-0.39, 0.29) is 0 Å². The van der Waals surface area contributed by atoms with Crippen LogP contribution in [0.2, 0.25) is 0 Å². The number of anilines is 2. The van der Waals surface area contributed by atoms with Gasteiger partial charge in [-0.2, -0.15) is 0 Å². The summed E-state index contributed by atoms with van der Waals surface area (Å²) in [5, 5.41) is 3.49. The Morgan fingerprint density at radius 3 is 2.26 bits per heavy atom. The summed E-state index contributed by atoms with van der Waals surface area (Å²) in [4.78, 5) is 0. The zero-order valence-corrected chi connectivity index (χ0v) is 12.9. The van der Waals surface area contributed by atoms with E-state index in [0.29, 0.717) is 24.4 Å². The highest BCUT2D eigenvalue weighted by molar-refractivity contribution is 5.59. The molecule has 0 aliphatic carbocycles. The summed E-state index contributed by atoms with van der Waals surface area (Å²) in [6.45, 7) is 12.7. The van der Waals surface area contributed by atoms with Gasteiger partial charge >= 0.3 is 0 Å². The molecule has 0 amide bonds. The second-order valence-electron chi connectivity index (χ2n) is 5.76. The minimum Gasteiger partial charge on any atom is -0.494 e. The normalized spacial score (nSPS) is 11.4. The second-order valence-corrected chi connectivity index (χ2v) is 5.76. The van der Waals surface area contributed by atoms with Gasteiger partial charge in [0.2, 0.25) is 0 Å². The average Bonchev–Trinajstić information content (AvgIpc) is 2.27. The summed E-state index contributed by atoms with van der Waals surface area (Å²) in [6.07, 6.45) is 0. The molecule has 0 bridgehead atoms. The first-order chi connectivity index (χ1) is 8.93. The van der Waals surface area contributed by atoms with E-state index in [1.54, 1.807) is 0 Å². The van der Waals surface area contributed by atoms with Gasteiger partial charge < -0.3 is 15.8 Å². The molecule has 0 fully saturated rings. The smallest absolute Gasteiger partial charge is 0.123 e. The van der Waals surface area contributed by atoms with Crippen LogP contribution in [0.25, 0.3) is 0 Å². The van der Waals surface area contributed by atoms with Crippen molar-refractivity contribution >= 4 is 11.4 Å². The molecule has 1 aromatic carbocycles. The predicted octanol–water partition coefficient (Wildman–Crippen LogP) is 4.01. The van der Waals surface area contributed by atoms with E-state index >= 15 is 0 Å². The van der Waals surface area contributed by atoms with Gasteiger partial charge in [-0.25, -0.2) is 0 Å². The third kappa shape index (κ3) is 5.01. The van der Waals surface area contributed by atoms with Crippen LogP contribution in [-0.4, -0.2) is 13.2 Å². The van der Waals surface area contributed by atoms with Crippen LogP contribution < -0.4 is 15.8 Å². The molecule has 0 atom stereocenters. The summed E-state index contributed by atoms with van der Waals surface area (Å²) in [5.41, 5.74) is 7.67. The maximum atomic E-state index is 5.90. The van der Waals surface area contributed by atoms with Gasteiger partial charge in [-0.05, 0) is 30.7 Å². The molecule has 0 aliphatic rings. The van der Waals surface area contributed by atoms with E-state index in [0.717, 1.165) is 23.7 Å². The molecule has 1 aromatic rings. The lowest BCUT2D eigenvalue weighted by Crippen LogP contribution is -2.24. The van der Waals surface area contributed by atoms with Gasteiger partial charge in [0, 0.05) is 30.1 Å². The number of ether oxygens (including phenoxy) is 1. The third-order valence-electron chi connectivity index (χ3n) is 3.49. The van der Waals surface area contributed by atoms with Crippen LogP contribution in [0.15, 0.2) is 18.2 Å². The van der Waals surface area contributed by atoms with Crippen molar-refractivity contribution < 1.29 is 4.74 Å². The fourth-order valence-corrected chi connectivity index (χ4v) is 2.45. The van der Waals surface area contributed by atoms with E-state index in [4.69, 9.17) is 10.5 Å². The van der Waals surface area contributed by atoms with Crippen LogP contribution in [0.4, 0.5) is 11.4 Å². The molecule has 0 saturated carbocycles. The fourth-order valence-electron chi connectivity index (χ4n) is 2.45. The summed E-state index contributed by atoms with van der Waals surface area (Å²) >= 11 is 0. The number of rotatable bonds is 7. The lowest BCUT2D eigenvalue weighted by molar-refractivity contribution is 0.304. The summed E-state index contributed by atoms with van der Waals surface area (Å²) in [6, 6.07) is 5.83. The van der Waals surface area contributed by atoms with E-state index in [2.05, 4.69) is 33.0 Å². The van der Waals surface area contributed by atoms with E-state index in [9.17, 15) is 0 Å². The van der Waals surface area contributed by atoms with E-state index in [1.807, 2.05) is 25.1 Å². The molecule has 3 N–H and O–H groups in total. The maximum Gasteiger partial charge on any atom is 0.123 e. The molecule has 108 valence electrons. The molecule has 19 heavy (non-hydrogen) atoms. The van der Waals surface area contributed by atoms with Crippen molar-refractivity contribution in [1.82, 2.24) is 0 Å². The van der Waals surface area contributed by atoms with Crippen molar-refractivity contribution in [1.29, 1.82) is 0 Å². The van der Waals surface area contributed by atoms with Gasteiger partial charge in [0.1, 0.15) is 5.75 Å². The van der Waals surface area contributed by atoms with Crippen LogP contribution in [0.3, 0.4) is 0 Å². The van der Waals surface area contributed by atoms with Crippen LogP contribution in [0.5, 0.6) is 5.75 Å². The highest BCUT2D eigenvalue weighted by Crippen LogP contribution is 2.25. The molecule has 0 aromatic heterocycles. The third-order valence-corrected chi connectivity index (χ3v) is 3.49. The van der Waals surface area contributed by atoms with Crippen LogP contribution in [0.1, 0.15) is 34.6 Å². The van der Waals surface area contributed by atoms with Gasteiger partial charge in [-0.3, -0.25) is 0 Å². The molecular formula is C16H28N2O. The van der Waals surface area contributed by atoms with Crippen LogP contribution >= 0.6 is 0 Å². The minimum atomic E-state index is 0.650. The monoisotopic (exact) mass is 264 g/mol. The van der Waals surface area contributed by atoms with Crippen molar-refractivity contribution in [2.75, 3.05) is 24.2 Å². The second kappa shape index (κ2) is 7.27. The largest absolute Gasteiger partial charge is 0.494 e. The first kappa shape index (κ1) is 15.7. The molecule has 3 nitrogen and oxygen atoms in total. The SMILES string of the molecule is CCOc1cc(N)cc(NCC(C(C)C)C(C)C)c1. The molecule has 0 aliphatic heterocycles. The number of hydrogen-bond acceptors (Lipinski definition) is 3. The van der Waals surface area contributed by atoms with Crippen molar-refractivity contribution in [3.63, 3.8) is 0 Å². The number of hydrogen-bond donors (Lipinski definition) is 2. The Morgan fingerprint density at radius 2 is 1.74 bits per heavy atom. The topological polar surface area (TPSA) is 47.3 Å². The van der Waals surface area contributed by atoms with Gasteiger partial charge in [-0.1, -0.05) is 27.7 Å². The minimum absolute atomic E-state index is 0.650. The predicted molar refractivity (Wildman–Crippen MR) is 83.7 cm³/mol. The molecule has 1 rings (SSSR count). The van der Waals surface area contributed by atoms with E-state index < -0.39 is 0 Å². The molecule has 0 heterocycles. The van der Waals surface area contributed by atoms with Gasteiger partial charge in [0.15, 0.2) is 0 Å². The zero-order chi connectivity index (χ0) is 14.4. The summed E-state index contributed by atoms with van der Waals surface area (Å²) in [7, 11) is 0.